The lowest BCUT2D eigenvalue weighted by molar-refractivity contribution is 0.408. The smallest absolute Gasteiger partial charge is 0.191 e. The molecule has 0 fully saturated rings. The van der Waals surface area contributed by atoms with Crippen molar-refractivity contribution in [1.82, 2.24) is 10.6 Å². The molecule has 0 saturated heterocycles. The largest absolute Gasteiger partial charge is 0.496 e. The van der Waals surface area contributed by atoms with E-state index in [-0.39, 0.29) is 24.0 Å². The van der Waals surface area contributed by atoms with Gasteiger partial charge in [0.1, 0.15) is 5.75 Å². The maximum Gasteiger partial charge on any atom is 0.191 e. The molecule has 2 aromatic rings. The van der Waals surface area contributed by atoms with Crippen LogP contribution in [0.4, 0.5) is 0 Å². The molecule has 0 spiro atoms. The number of guanidine groups is 1. The highest BCUT2D eigenvalue weighted by molar-refractivity contribution is 14.0. The third-order valence-corrected chi connectivity index (χ3v) is 5.07. The molecule has 0 aliphatic heterocycles. The summed E-state index contributed by atoms with van der Waals surface area (Å²) in [5.41, 5.74) is 2.22. The molecule has 5 nitrogen and oxygen atoms in total. The average Bonchev–Trinajstić information content (AvgIpc) is 2.65. The standard InChI is InChI=1S/C19H25N3O2S.HI/c1-15-9-10-16(18(13-15)24-3)14-22-19(20-2)21-11-12-25(23)17-7-5-4-6-8-17;/h4-10,13H,11-12,14H2,1-3H3,(H2,20,21,22);1H. The lowest BCUT2D eigenvalue weighted by Crippen LogP contribution is -2.38. The first-order valence-corrected chi connectivity index (χ1v) is 9.47. The van der Waals surface area contributed by atoms with Crippen LogP contribution in [0.5, 0.6) is 5.75 Å². The summed E-state index contributed by atoms with van der Waals surface area (Å²) in [5.74, 6) is 2.05. The van der Waals surface area contributed by atoms with Gasteiger partial charge in [0.25, 0.3) is 0 Å². The number of nitrogens with zero attached hydrogens (tertiary/aromatic N) is 1. The van der Waals surface area contributed by atoms with E-state index in [4.69, 9.17) is 4.74 Å². The van der Waals surface area contributed by atoms with Crippen LogP contribution in [0.25, 0.3) is 0 Å². The van der Waals surface area contributed by atoms with E-state index in [1.165, 1.54) is 0 Å². The predicted octanol–water partition coefficient (Wildman–Crippen LogP) is 3.09. The molecule has 7 heteroatoms. The van der Waals surface area contributed by atoms with Gasteiger partial charge in [-0.3, -0.25) is 9.20 Å². The Labute approximate surface area is 175 Å². The van der Waals surface area contributed by atoms with Gasteiger partial charge in [-0.05, 0) is 30.7 Å². The SMILES string of the molecule is CN=C(NCCS(=O)c1ccccc1)NCc1ccc(C)cc1OC.I. The molecule has 2 N–H and O–H groups in total. The number of nitrogens with one attached hydrogen (secondary N) is 2. The van der Waals surface area contributed by atoms with Crippen LogP contribution in [0.1, 0.15) is 11.1 Å². The second kappa shape index (κ2) is 11.9. The van der Waals surface area contributed by atoms with E-state index in [0.29, 0.717) is 24.8 Å². The van der Waals surface area contributed by atoms with Crippen molar-refractivity contribution >= 4 is 40.7 Å². The first kappa shape index (κ1) is 22.4. The van der Waals surface area contributed by atoms with E-state index in [1.807, 2.05) is 49.4 Å². The van der Waals surface area contributed by atoms with Gasteiger partial charge in [0.2, 0.25) is 0 Å². The van der Waals surface area contributed by atoms with E-state index in [0.717, 1.165) is 21.8 Å². The summed E-state index contributed by atoms with van der Waals surface area (Å²) in [6.07, 6.45) is 0. The number of hydrogen-bond donors (Lipinski definition) is 2. The van der Waals surface area contributed by atoms with Gasteiger partial charge in [0, 0.05) is 36.3 Å². The Morgan fingerprint density at radius 1 is 1.15 bits per heavy atom. The quantitative estimate of drug-likeness (QED) is 0.358. The second-order valence-corrected chi connectivity index (χ2v) is 7.10. The molecule has 142 valence electrons. The molecule has 0 bridgehead atoms. The summed E-state index contributed by atoms with van der Waals surface area (Å²) in [6, 6.07) is 15.6. The molecule has 0 saturated carbocycles. The minimum Gasteiger partial charge on any atom is -0.496 e. The average molecular weight is 487 g/mol. The van der Waals surface area contributed by atoms with Crippen molar-refractivity contribution in [3.05, 3.63) is 59.7 Å². The third kappa shape index (κ3) is 6.95. The van der Waals surface area contributed by atoms with Gasteiger partial charge in [-0.1, -0.05) is 30.3 Å². The molecule has 2 aromatic carbocycles. The van der Waals surface area contributed by atoms with Gasteiger partial charge in [-0.15, -0.1) is 24.0 Å². The maximum absolute atomic E-state index is 12.2. The first-order valence-electron chi connectivity index (χ1n) is 8.15. The number of aliphatic imine (C=N–C) groups is 1. The second-order valence-electron chi connectivity index (χ2n) is 5.53. The van der Waals surface area contributed by atoms with Gasteiger partial charge >= 0.3 is 0 Å². The molecule has 2 rings (SSSR count). The van der Waals surface area contributed by atoms with Crippen LogP contribution in [0.15, 0.2) is 58.4 Å². The zero-order valence-electron chi connectivity index (χ0n) is 15.3. The number of ether oxygens (including phenoxy) is 1. The minimum absolute atomic E-state index is 0. The van der Waals surface area contributed by atoms with Crippen molar-refractivity contribution in [1.29, 1.82) is 0 Å². The number of benzene rings is 2. The molecule has 1 atom stereocenters. The van der Waals surface area contributed by atoms with Gasteiger partial charge in [-0.25, -0.2) is 0 Å². The highest BCUT2D eigenvalue weighted by atomic mass is 127. The van der Waals surface area contributed by atoms with E-state index < -0.39 is 10.8 Å². The molecule has 0 aromatic heterocycles. The van der Waals surface area contributed by atoms with Crippen LogP contribution >= 0.6 is 24.0 Å². The Hall–Kier alpha value is -1.61. The molecule has 1 unspecified atom stereocenters. The van der Waals surface area contributed by atoms with Crippen molar-refractivity contribution in [3.8, 4) is 5.75 Å². The topological polar surface area (TPSA) is 62.7 Å². The number of methoxy groups -OCH3 is 1. The Morgan fingerprint density at radius 2 is 1.88 bits per heavy atom. The van der Waals surface area contributed by atoms with Crippen LogP contribution in [0.3, 0.4) is 0 Å². The van der Waals surface area contributed by atoms with Crippen molar-refractivity contribution < 1.29 is 8.95 Å². The van der Waals surface area contributed by atoms with Crippen molar-refractivity contribution in [3.63, 3.8) is 0 Å². The summed E-state index contributed by atoms with van der Waals surface area (Å²) >= 11 is 0. The van der Waals surface area contributed by atoms with Crippen LogP contribution < -0.4 is 15.4 Å². The zero-order valence-corrected chi connectivity index (χ0v) is 18.5. The van der Waals surface area contributed by atoms with Gasteiger partial charge in [0.05, 0.1) is 17.9 Å². The van der Waals surface area contributed by atoms with Crippen LogP contribution in [0.2, 0.25) is 0 Å². The fourth-order valence-electron chi connectivity index (χ4n) is 2.35. The third-order valence-electron chi connectivity index (χ3n) is 3.70. The lowest BCUT2D eigenvalue weighted by Gasteiger charge is -2.14. The summed E-state index contributed by atoms with van der Waals surface area (Å²) in [6.45, 7) is 3.21. The van der Waals surface area contributed by atoms with Crippen LogP contribution in [-0.2, 0) is 17.3 Å². The summed E-state index contributed by atoms with van der Waals surface area (Å²) < 4.78 is 17.6. The molecule has 0 aliphatic rings. The fraction of sp³-hybridized carbons (Fsp3) is 0.316. The van der Waals surface area contributed by atoms with E-state index in [9.17, 15) is 4.21 Å². The normalized spacial score (nSPS) is 12.0. The number of halogens is 1. The zero-order chi connectivity index (χ0) is 18.1. The van der Waals surface area contributed by atoms with Gasteiger partial charge in [0.15, 0.2) is 5.96 Å². The molecule has 0 radical (unpaired) electrons. The van der Waals surface area contributed by atoms with Gasteiger partial charge in [-0.2, -0.15) is 0 Å². The van der Waals surface area contributed by atoms with Crippen molar-refractivity contribution in [2.45, 2.75) is 18.4 Å². The molecule has 0 aliphatic carbocycles. The summed E-state index contributed by atoms with van der Waals surface area (Å²) in [7, 11) is 2.37. The maximum atomic E-state index is 12.2. The van der Waals surface area contributed by atoms with E-state index in [2.05, 4.69) is 21.7 Å². The van der Waals surface area contributed by atoms with Gasteiger partial charge < -0.3 is 15.4 Å². The molecular formula is C19H26IN3O2S. The molecule has 0 amide bonds. The van der Waals surface area contributed by atoms with Crippen molar-refractivity contribution in [2.24, 2.45) is 4.99 Å². The fourth-order valence-corrected chi connectivity index (χ4v) is 3.33. The highest BCUT2D eigenvalue weighted by Crippen LogP contribution is 2.19. The number of aryl methyl sites for hydroxylation is 1. The predicted molar refractivity (Wildman–Crippen MR) is 119 cm³/mol. The Bertz CT molecular complexity index is 739. The monoisotopic (exact) mass is 487 g/mol. The highest BCUT2D eigenvalue weighted by Gasteiger charge is 2.06. The number of rotatable bonds is 7. The Morgan fingerprint density at radius 3 is 2.54 bits per heavy atom. The summed E-state index contributed by atoms with van der Waals surface area (Å²) in [5, 5.41) is 6.45. The van der Waals surface area contributed by atoms with Crippen LogP contribution in [-0.4, -0.2) is 36.6 Å². The Kier molecular flexibility index (Phi) is 10.3. The minimum atomic E-state index is -1.01. The van der Waals surface area contributed by atoms with Crippen LogP contribution in [0, 0.1) is 6.92 Å². The Balaban J connectivity index is 0.00000338. The molecule has 0 heterocycles. The first-order chi connectivity index (χ1) is 12.1. The summed E-state index contributed by atoms with van der Waals surface area (Å²) in [4.78, 5) is 5.04. The molecular weight excluding hydrogens is 461 g/mol. The van der Waals surface area contributed by atoms with E-state index >= 15 is 0 Å². The molecule has 26 heavy (non-hydrogen) atoms. The van der Waals surface area contributed by atoms with E-state index in [1.54, 1.807) is 14.2 Å². The van der Waals surface area contributed by atoms with Crippen molar-refractivity contribution in [2.75, 3.05) is 26.5 Å². The number of hydrogen-bond acceptors (Lipinski definition) is 3. The lowest BCUT2D eigenvalue weighted by atomic mass is 10.1.